The third-order valence-electron chi connectivity index (χ3n) is 4.88. The van der Waals surface area contributed by atoms with E-state index in [-0.39, 0.29) is 18.3 Å². The summed E-state index contributed by atoms with van der Waals surface area (Å²) < 4.78 is 14.9. The summed E-state index contributed by atoms with van der Waals surface area (Å²) in [6.45, 7) is 6.31. The summed E-state index contributed by atoms with van der Waals surface area (Å²) in [6.07, 6.45) is 1.72. The highest BCUT2D eigenvalue weighted by Crippen LogP contribution is 2.23. The largest absolute Gasteiger partial charge is 0.345 e. The van der Waals surface area contributed by atoms with E-state index in [1.807, 2.05) is 17.0 Å². The van der Waals surface area contributed by atoms with Crippen LogP contribution in [0.3, 0.4) is 0 Å². The number of anilines is 1. The molecule has 3 aromatic rings. The van der Waals surface area contributed by atoms with Gasteiger partial charge in [0.2, 0.25) is 5.91 Å². The maximum Gasteiger partial charge on any atom is 0.242 e. The lowest BCUT2D eigenvalue weighted by molar-refractivity contribution is -0.131. The van der Waals surface area contributed by atoms with Crippen LogP contribution in [0.15, 0.2) is 42.6 Å². The van der Waals surface area contributed by atoms with Crippen LogP contribution in [0.2, 0.25) is 0 Å². The van der Waals surface area contributed by atoms with Crippen LogP contribution < -0.4 is 4.90 Å². The summed E-state index contributed by atoms with van der Waals surface area (Å²) in [5.74, 6) is 0.966. The number of nitrogens with zero attached hydrogens (tertiary/aromatic N) is 5. The first kappa shape index (κ1) is 17.5. The fourth-order valence-electron chi connectivity index (χ4n) is 3.32. The van der Waals surface area contributed by atoms with Gasteiger partial charge >= 0.3 is 0 Å². The molecule has 2 aromatic heterocycles. The van der Waals surface area contributed by atoms with Crippen LogP contribution >= 0.6 is 0 Å². The van der Waals surface area contributed by atoms with Crippen LogP contribution in [0.25, 0.3) is 5.65 Å². The lowest BCUT2D eigenvalue weighted by Gasteiger charge is -2.35. The molecule has 1 saturated heterocycles. The Labute approximate surface area is 157 Å². The number of rotatable bonds is 4. The highest BCUT2D eigenvalue weighted by Gasteiger charge is 2.26. The second-order valence-corrected chi connectivity index (χ2v) is 7.16. The average molecular weight is 367 g/mol. The molecule has 1 aliphatic rings. The number of hydrogen-bond donors (Lipinski definition) is 0. The molecule has 1 fully saturated rings. The molecule has 0 bridgehead atoms. The van der Waals surface area contributed by atoms with Crippen molar-refractivity contribution >= 4 is 17.4 Å². The van der Waals surface area contributed by atoms with Crippen molar-refractivity contribution in [3.8, 4) is 0 Å². The highest BCUT2D eigenvalue weighted by molar-refractivity contribution is 5.82. The van der Waals surface area contributed by atoms with Crippen LogP contribution in [0.1, 0.15) is 31.0 Å². The van der Waals surface area contributed by atoms with Gasteiger partial charge in [0.1, 0.15) is 11.6 Å². The smallest absolute Gasteiger partial charge is 0.242 e. The van der Waals surface area contributed by atoms with Gasteiger partial charge in [-0.2, -0.15) is 9.61 Å². The number of piperazine rings is 1. The first-order valence-electron chi connectivity index (χ1n) is 9.13. The monoisotopic (exact) mass is 367 g/mol. The minimum absolute atomic E-state index is 0.0498. The molecule has 6 nitrogen and oxygen atoms in total. The van der Waals surface area contributed by atoms with Crippen molar-refractivity contribution < 1.29 is 9.18 Å². The quantitative estimate of drug-likeness (QED) is 0.712. The van der Waals surface area contributed by atoms with E-state index in [0.29, 0.717) is 25.6 Å². The van der Waals surface area contributed by atoms with Crippen molar-refractivity contribution in [3.63, 3.8) is 0 Å². The minimum Gasteiger partial charge on any atom is -0.345 e. The topological polar surface area (TPSA) is 53.7 Å². The number of carbonyl (C=O) groups excluding carboxylic acids is 1. The van der Waals surface area contributed by atoms with Crippen molar-refractivity contribution in [2.75, 3.05) is 24.5 Å². The standard InChI is InChI=1S/C20H22FN5O/c1-14(2)17-11-19(26-18(23-17)7-8-22-26)24-9-10-25(20(27)13-24)12-15-3-5-16(21)6-4-15/h3-8,11,14H,9-10,12-13H2,1-2H3. The van der Waals surface area contributed by atoms with E-state index in [0.717, 1.165) is 22.7 Å². The Bertz CT molecular complexity index is 966. The third kappa shape index (κ3) is 3.49. The molecule has 0 atom stereocenters. The summed E-state index contributed by atoms with van der Waals surface area (Å²) >= 11 is 0. The molecule has 7 heteroatoms. The summed E-state index contributed by atoms with van der Waals surface area (Å²) in [5, 5.41) is 4.37. The number of amides is 1. The molecule has 0 N–H and O–H groups in total. The third-order valence-corrected chi connectivity index (χ3v) is 4.88. The number of carbonyl (C=O) groups is 1. The van der Waals surface area contributed by atoms with E-state index < -0.39 is 0 Å². The summed E-state index contributed by atoms with van der Waals surface area (Å²) in [7, 11) is 0. The van der Waals surface area contributed by atoms with Crippen molar-refractivity contribution in [1.29, 1.82) is 0 Å². The SMILES string of the molecule is CC(C)c1cc(N2CCN(Cc3ccc(F)cc3)C(=O)C2)n2nccc2n1. The molecule has 4 rings (SSSR count). The molecule has 140 valence electrons. The maximum absolute atomic E-state index is 13.1. The van der Waals surface area contributed by atoms with Gasteiger partial charge in [0.15, 0.2) is 5.65 Å². The Morgan fingerprint density at radius 2 is 1.93 bits per heavy atom. The molecule has 1 aromatic carbocycles. The van der Waals surface area contributed by atoms with Crippen molar-refractivity contribution in [2.45, 2.75) is 26.3 Å². The van der Waals surface area contributed by atoms with Crippen molar-refractivity contribution in [1.82, 2.24) is 19.5 Å². The molecule has 3 heterocycles. The molecule has 1 aliphatic heterocycles. The van der Waals surface area contributed by atoms with Crippen LogP contribution in [0.5, 0.6) is 0 Å². The first-order valence-corrected chi connectivity index (χ1v) is 9.13. The zero-order valence-electron chi connectivity index (χ0n) is 15.5. The van der Waals surface area contributed by atoms with E-state index in [1.54, 1.807) is 22.8 Å². The van der Waals surface area contributed by atoms with E-state index in [2.05, 4.69) is 28.8 Å². The number of halogens is 1. The molecule has 0 aliphatic carbocycles. The Kier molecular flexibility index (Phi) is 4.51. The molecular weight excluding hydrogens is 345 g/mol. The molecule has 0 radical (unpaired) electrons. The van der Waals surface area contributed by atoms with Crippen LogP contribution in [-0.2, 0) is 11.3 Å². The van der Waals surface area contributed by atoms with E-state index in [1.165, 1.54) is 12.1 Å². The average Bonchev–Trinajstić information content (AvgIpc) is 3.13. The number of aromatic nitrogens is 3. The van der Waals surface area contributed by atoms with Crippen LogP contribution in [0, 0.1) is 5.82 Å². The normalized spacial score (nSPS) is 15.2. The van der Waals surface area contributed by atoms with Gasteiger partial charge in [-0.05, 0) is 23.6 Å². The van der Waals surface area contributed by atoms with Gasteiger partial charge in [0.05, 0.1) is 12.7 Å². The van der Waals surface area contributed by atoms with Crippen LogP contribution in [-0.4, -0.2) is 45.0 Å². The fraction of sp³-hybridized carbons (Fsp3) is 0.350. The van der Waals surface area contributed by atoms with Crippen LogP contribution in [0.4, 0.5) is 10.2 Å². The first-order chi connectivity index (χ1) is 13.0. The number of benzene rings is 1. The molecule has 0 spiro atoms. The highest BCUT2D eigenvalue weighted by atomic mass is 19.1. The zero-order chi connectivity index (χ0) is 19.0. The van der Waals surface area contributed by atoms with E-state index in [9.17, 15) is 9.18 Å². The van der Waals surface area contributed by atoms with E-state index in [4.69, 9.17) is 0 Å². The Balaban J connectivity index is 1.54. The predicted molar refractivity (Wildman–Crippen MR) is 101 cm³/mol. The summed E-state index contributed by atoms with van der Waals surface area (Å²) in [6, 6.07) is 10.2. The molecular formula is C20H22FN5O. The zero-order valence-corrected chi connectivity index (χ0v) is 15.5. The number of hydrogen-bond acceptors (Lipinski definition) is 4. The van der Waals surface area contributed by atoms with Crippen molar-refractivity contribution in [2.24, 2.45) is 0 Å². The number of fused-ring (bicyclic) bond motifs is 1. The lowest BCUT2D eigenvalue weighted by atomic mass is 10.1. The maximum atomic E-state index is 13.1. The second-order valence-electron chi connectivity index (χ2n) is 7.16. The minimum atomic E-state index is -0.267. The van der Waals surface area contributed by atoms with Gasteiger partial charge in [-0.25, -0.2) is 9.37 Å². The Hall–Kier alpha value is -2.96. The summed E-state index contributed by atoms with van der Waals surface area (Å²) in [4.78, 5) is 21.2. The van der Waals surface area contributed by atoms with Gasteiger partial charge in [-0.15, -0.1) is 0 Å². The van der Waals surface area contributed by atoms with Crippen molar-refractivity contribution in [3.05, 3.63) is 59.7 Å². The molecule has 0 saturated carbocycles. The van der Waals surface area contributed by atoms with E-state index >= 15 is 0 Å². The Morgan fingerprint density at radius 3 is 2.63 bits per heavy atom. The van der Waals surface area contributed by atoms with Gasteiger partial charge in [0, 0.05) is 37.5 Å². The van der Waals surface area contributed by atoms with Gasteiger partial charge in [0.25, 0.3) is 0 Å². The van der Waals surface area contributed by atoms with Gasteiger partial charge < -0.3 is 9.80 Å². The second kappa shape index (κ2) is 6.98. The molecule has 27 heavy (non-hydrogen) atoms. The molecule has 1 amide bonds. The van der Waals surface area contributed by atoms with Gasteiger partial charge in [-0.1, -0.05) is 26.0 Å². The Morgan fingerprint density at radius 1 is 1.15 bits per heavy atom. The molecule has 0 unspecified atom stereocenters. The fourth-order valence-corrected chi connectivity index (χ4v) is 3.32. The summed E-state index contributed by atoms with van der Waals surface area (Å²) in [5.41, 5.74) is 2.70. The van der Waals surface area contributed by atoms with Gasteiger partial charge in [-0.3, -0.25) is 4.79 Å². The lowest BCUT2D eigenvalue weighted by Crippen LogP contribution is -2.50. The predicted octanol–water partition coefficient (Wildman–Crippen LogP) is 2.84.